The largest absolute Gasteiger partial charge is 0.396 e. The Morgan fingerprint density at radius 1 is 1.14 bits per heavy atom. The van der Waals surface area contributed by atoms with Crippen molar-refractivity contribution in [2.24, 2.45) is 5.73 Å². The van der Waals surface area contributed by atoms with Crippen molar-refractivity contribution in [2.45, 2.75) is 44.6 Å². The van der Waals surface area contributed by atoms with Gasteiger partial charge in [0.25, 0.3) is 0 Å². The van der Waals surface area contributed by atoms with Crippen molar-refractivity contribution in [3.8, 4) is 0 Å². The number of nitrogens with two attached hydrogens (primary N) is 1. The van der Waals surface area contributed by atoms with E-state index >= 15 is 0 Å². The van der Waals surface area contributed by atoms with Crippen molar-refractivity contribution in [1.82, 2.24) is 4.90 Å². The molecule has 0 saturated heterocycles. The molecular weight excluding hydrogens is 176 g/mol. The average molecular weight is 200 g/mol. The van der Waals surface area contributed by atoms with Crippen molar-refractivity contribution in [2.75, 3.05) is 26.2 Å². The predicted octanol–water partition coefficient (Wildman–Crippen LogP) is 0.962. The van der Waals surface area contributed by atoms with Crippen LogP contribution in [0.4, 0.5) is 0 Å². The van der Waals surface area contributed by atoms with Crippen molar-refractivity contribution in [3.63, 3.8) is 0 Å². The first kappa shape index (κ1) is 12.0. The summed E-state index contributed by atoms with van der Waals surface area (Å²) in [4.78, 5) is 2.53. The van der Waals surface area contributed by atoms with E-state index in [2.05, 4.69) is 4.90 Å². The molecule has 3 N–H and O–H groups in total. The van der Waals surface area contributed by atoms with E-state index < -0.39 is 0 Å². The minimum Gasteiger partial charge on any atom is -0.396 e. The molecule has 0 aromatic heterocycles. The third kappa shape index (κ3) is 3.95. The average Bonchev–Trinajstić information content (AvgIpc) is 2.10. The Morgan fingerprint density at radius 2 is 1.93 bits per heavy atom. The van der Waals surface area contributed by atoms with Crippen LogP contribution in [0.1, 0.15) is 38.5 Å². The van der Waals surface area contributed by atoms with E-state index in [1.54, 1.807) is 0 Å². The Kier molecular flexibility index (Phi) is 6.15. The standard InChI is InChI=1S/C11H24N2O/c12-7-9-13(11-5-4-6-11)8-2-1-3-10-14/h11,14H,1-10,12H2. The van der Waals surface area contributed by atoms with Gasteiger partial charge in [-0.2, -0.15) is 0 Å². The number of unbranched alkanes of at least 4 members (excludes halogenated alkanes) is 2. The number of nitrogens with zero attached hydrogens (tertiary/aromatic N) is 1. The fraction of sp³-hybridized carbons (Fsp3) is 1.00. The number of rotatable bonds is 8. The maximum atomic E-state index is 8.67. The molecule has 1 aliphatic carbocycles. The fourth-order valence-corrected chi connectivity index (χ4v) is 2.00. The molecule has 0 bridgehead atoms. The molecule has 1 fully saturated rings. The van der Waals surface area contributed by atoms with Gasteiger partial charge < -0.3 is 10.8 Å². The Bertz CT molecular complexity index is 137. The molecule has 0 unspecified atom stereocenters. The molecule has 0 aliphatic heterocycles. The van der Waals surface area contributed by atoms with Crippen LogP contribution in [0.15, 0.2) is 0 Å². The van der Waals surface area contributed by atoms with Gasteiger partial charge in [-0.3, -0.25) is 4.90 Å². The minimum absolute atomic E-state index is 0.334. The Balaban J connectivity index is 2.08. The lowest BCUT2D eigenvalue weighted by Crippen LogP contribution is -2.43. The van der Waals surface area contributed by atoms with Crippen LogP contribution in [-0.4, -0.2) is 42.3 Å². The van der Waals surface area contributed by atoms with E-state index in [-0.39, 0.29) is 0 Å². The summed E-state index contributed by atoms with van der Waals surface area (Å²) in [6.07, 6.45) is 7.41. The third-order valence-electron chi connectivity index (χ3n) is 3.11. The molecule has 1 saturated carbocycles. The van der Waals surface area contributed by atoms with Crippen molar-refractivity contribution in [1.29, 1.82) is 0 Å². The van der Waals surface area contributed by atoms with Crippen LogP contribution in [0.5, 0.6) is 0 Å². The van der Waals surface area contributed by atoms with Gasteiger partial charge in [0, 0.05) is 25.7 Å². The van der Waals surface area contributed by atoms with E-state index in [1.807, 2.05) is 0 Å². The van der Waals surface area contributed by atoms with Crippen LogP contribution in [0.3, 0.4) is 0 Å². The van der Waals surface area contributed by atoms with Gasteiger partial charge in [0.05, 0.1) is 0 Å². The zero-order chi connectivity index (χ0) is 10.2. The highest BCUT2D eigenvalue weighted by Crippen LogP contribution is 2.24. The molecule has 1 rings (SSSR count). The van der Waals surface area contributed by atoms with E-state index in [0.717, 1.165) is 32.0 Å². The zero-order valence-corrected chi connectivity index (χ0v) is 9.12. The summed E-state index contributed by atoms with van der Waals surface area (Å²) in [5.74, 6) is 0. The van der Waals surface area contributed by atoms with Crippen LogP contribution >= 0.6 is 0 Å². The lowest BCUT2D eigenvalue weighted by atomic mass is 9.91. The highest BCUT2D eigenvalue weighted by atomic mass is 16.2. The van der Waals surface area contributed by atoms with Crippen LogP contribution in [0.2, 0.25) is 0 Å². The quantitative estimate of drug-likeness (QED) is 0.574. The molecule has 1 aliphatic rings. The molecule has 14 heavy (non-hydrogen) atoms. The summed E-state index contributed by atoms with van der Waals surface area (Å²) in [6.45, 7) is 3.32. The second kappa shape index (κ2) is 7.21. The zero-order valence-electron chi connectivity index (χ0n) is 9.12. The lowest BCUT2D eigenvalue weighted by molar-refractivity contribution is 0.127. The van der Waals surface area contributed by atoms with Crippen LogP contribution < -0.4 is 5.73 Å². The molecule has 84 valence electrons. The molecule has 0 atom stereocenters. The molecule has 0 heterocycles. The van der Waals surface area contributed by atoms with Crippen molar-refractivity contribution < 1.29 is 5.11 Å². The smallest absolute Gasteiger partial charge is 0.0431 e. The summed E-state index contributed by atoms with van der Waals surface area (Å²) in [5, 5.41) is 8.67. The Hall–Kier alpha value is -0.120. The summed E-state index contributed by atoms with van der Waals surface area (Å²) in [6, 6.07) is 0.813. The summed E-state index contributed by atoms with van der Waals surface area (Å²) in [7, 11) is 0. The molecule has 0 amide bonds. The Labute approximate surface area is 87.3 Å². The molecule has 0 spiro atoms. The van der Waals surface area contributed by atoms with E-state index in [0.29, 0.717) is 6.61 Å². The van der Waals surface area contributed by atoms with Gasteiger partial charge in [-0.05, 0) is 38.6 Å². The van der Waals surface area contributed by atoms with Crippen LogP contribution in [-0.2, 0) is 0 Å². The summed E-state index contributed by atoms with van der Waals surface area (Å²) in [5.41, 5.74) is 5.59. The van der Waals surface area contributed by atoms with E-state index in [1.165, 1.54) is 32.2 Å². The molecule has 3 nitrogen and oxygen atoms in total. The minimum atomic E-state index is 0.334. The van der Waals surface area contributed by atoms with Gasteiger partial charge in [0.15, 0.2) is 0 Å². The fourth-order valence-electron chi connectivity index (χ4n) is 2.00. The van der Waals surface area contributed by atoms with Crippen LogP contribution in [0, 0.1) is 0 Å². The number of aliphatic hydroxyl groups is 1. The molecule has 0 aromatic carbocycles. The molecule has 0 aromatic rings. The maximum absolute atomic E-state index is 8.67. The normalized spacial score (nSPS) is 17.4. The topological polar surface area (TPSA) is 49.5 Å². The number of aliphatic hydroxyl groups excluding tert-OH is 1. The van der Waals surface area contributed by atoms with Gasteiger partial charge in [-0.25, -0.2) is 0 Å². The van der Waals surface area contributed by atoms with Crippen molar-refractivity contribution in [3.05, 3.63) is 0 Å². The first-order valence-corrected chi connectivity index (χ1v) is 5.93. The highest BCUT2D eigenvalue weighted by Gasteiger charge is 2.23. The third-order valence-corrected chi connectivity index (χ3v) is 3.11. The van der Waals surface area contributed by atoms with Gasteiger partial charge in [-0.1, -0.05) is 6.42 Å². The van der Waals surface area contributed by atoms with E-state index in [9.17, 15) is 0 Å². The van der Waals surface area contributed by atoms with Gasteiger partial charge in [-0.15, -0.1) is 0 Å². The first-order chi connectivity index (χ1) is 6.88. The van der Waals surface area contributed by atoms with Gasteiger partial charge in [0.1, 0.15) is 0 Å². The van der Waals surface area contributed by atoms with Gasteiger partial charge >= 0.3 is 0 Å². The highest BCUT2D eigenvalue weighted by molar-refractivity contribution is 4.80. The number of hydrogen-bond acceptors (Lipinski definition) is 3. The maximum Gasteiger partial charge on any atom is 0.0431 e. The molecular formula is C11H24N2O. The number of hydrogen-bond donors (Lipinski definition) is 2. The monoisotopic (exact) mass is 200 g/mol. The first-order valence-electron chi connectivity index (χ1n) is 5.93. The van der Waals surface area contributed by atoms with E-state index in [4.69, 9.17) is 10.8 Å². The molecule has 3 heteroatoms. The molecule has 0 radical (unpaired) electrons. The van der Waals surface area contributed by atoms with Crippen LogP contribution in [0.25, 0.3) is 0 Å². The summed E-state index contributed by atoms with van der Waals surface area (Å²) < 4.78 is 0. The predicted molar refractivity (Wildman–Crippen MR) is 59.2 cm³/mol. The lowest BCUT2D eigenvalue weighted by Gasteiger charge is -2.37. The summed E-state index contributed by atoms with van der Waals surface area (Å²) >= 11 is 0. The SMILES string of the molecule is NCCN(CCCCCO)C1CCC1. The Morgan fingerprint density at radius 3 is 2.43 bits per heavy atom. The van der Waals surface area contributed by atoms with Crippen molar-refractivity contribution >= 4 is 0 Å². The second-order valence-electron chi connectivity index (χ2n) is 4.19. The van der Waals surface area contributed by atoms with Gasteiger partial charge in [0.2, 0.25) is 0 Å². The second-order valence-corrected chi connectivity index (χ2v) is 4.19.